The summed E-state index contributed by atoms with van der Waals surface area (Å²) in [4.78, 5) is 0. The Hall–Kier alpha value is -0.120. The van der Waals surface area contributed by atoms with Crippen molar-refractivity contribution in [3.63, 3.8) is 0 Å². The van der Waals surface area contributed by atoms with Gasteiger partial charge in [-0.25, -0.2) is 0 Å². The van der Waals surface area contributed by atoms with Crippen molar-refractivity contribution < 1.29 is 4.74 Å². The van der Waals surface area contributed by atoms with Crippen molar-refractivity contribution in [2.24, 2.45) is 5.84 Å². The maximum atomic E-state index is 5.45. The number of hydrogen-bond donors (Lipinski definition) is 2. The van der Waals surface area contributed by atoms with Gasteiger partial charge >= 0.3 is 0 Å². The lowest BCUT2D eigenvalue weighted by Crippen LogP contribution is -2.38. The monoisotopic (exact) mass is 258 g/mol. The number of methoxy groups -OCH3 is 1. The van der Waals surface area contributed by atoms with Crippen LogP contribution in [0.15, 0.2) is 0 Å². The van der Waals surface area contributed by atoms with Crippen LogP contribution in [0, 0.1) is 0 Å². The number of ether oxygens (including phenoxy) is 1. The maximum Gasteiger partial charge on any atom is 0.0629 e. The summed E-state index contributed by atoms with van der Waals surface area (Å²) in [5, 5.41) is 0. The van der Waals surface area contributed by atoms with Crippen LogP contribution >= 0.6 is 0 Å². The lowest BCUT2D eigenvalue weighted by Gasteiger charge is -2.14. The summed E-state index contributed by atoms with van der Waals surface area (Å²) in [6.45, 7) is 2.99. The molecule has 3 nitrogen and oxygen atoms in total. The van der Waals surface area contributed by atoms with E-state index in [2.05, 4.69) is 12.3 Å². The van der Waals surface area contributed by atoms with Gasteiger partial charge in [0.05, 0.1) is 6.61 Å². The number of nitrogens with two attached hydrogens (primary N) is 1. The highest BCUT2D eigenvalue weighted by atomic mass is 16.5. The van der Waals surface area contributed by atoms with E-state index in [1.165, 1.54) is 64.2 Å². The van der Waals surface area contributed by atoms with E-state index in [-0.39, 0.29) is 0 Å². The molecule has 110 valence electrons. The van der Waals surface area contributed by atoms with Crippen LogP contribution in [0.4, 0.5) is 0 Å². The van der Waals surface area contributed by atoms with Crippen LogP contribution in [0.5, 0.6) is 0 Å². The second-order valence-electron chi connectivity index (χ2n) is 5.29. The zero-order valence-corrected chi connectivity index (χ0v) is 12.5. The molecule has 0 heterocycles. The fourth-order valence-electron chi connectivity index (χ4n) is 2.29. The van der Waals surface area contributed by atoms with E-state index in [0.29, 0.717) is 12.6 Å². The largest absolute Gasteiger partial charge is 0.383 e. The number of rotatable bonds is 14. The van der Waals surface area contributed by atoms with Gasteiger partial charge in [0, 0.05) is 13.2 Å². The van der Waals surface area contributed by atoms with Crippen LogP contribution in [0.1, 0.15) is 77.6 Å². The van der Waals surface area contributed by atoms with Gasteiger partial charge in [-0.1, -0.05) is 71.1 Å². The van der Waals surface area contributed by atoms with Crippen LogP contribution in [-0.4, -0.2) is 19.8 Å². The van der Waals surface area contributed by atoms with E-state index < -0.39 is 0 Å². The van der Waals surface area contributed by atoms with Gasteiger partial charge in [0.1, 0.15) is 0 Å². The third kappa shape index (κ3) is 12.3. The smallest absolute Gasteiger partial charge is 0.0629 e. The summed E-state index contributed by atoms with van der Waals surface area (Å²) >= 11 is 0. The lowest BCUT2D eigenvalue weighted by molar-refractivity contribution is 0.161. The van der Waals surface area contributed by atoms with E-state index in [9.17, 15) is 0 Å². The Morgan fingerprint density at radius 3 is 1.83 bits per heavy atom. The molecule has 3 heteroatoms. The molecule has 18 heavy (non-hydrogen) atoms. The first-order chi connectivity index (χ1) is 8.85. The van der Waals surface area contributed by atoms with E-state index in [4.69, 9.17) is 10.6 Å². The number of nitrogens with one attached hydrogen (secondary N) is 1. The molecule has 0 aliphatic rings. The van der Waals surface area contributed by atoms with Gasteiger partial charge in [-0.05, 0) is 6.42 Å². The van der Waals surface area contributed by atoms with E-state index in [0.717, 1.165) is 6.42 Å². The van der Waals surface area contributed by atoms with Gasteiger partial charge in [-0.2, -0.15) is 0 Å². The molecule has 0 aromatic carbocycles. The molecule has 0 saturated carbocycles. The van der Waals surface area contributed by atoms with Gasteiger partial charge in [-0.3, -0.25) is 11.3 Å². The molecule has 0 saturated heterocycles. The van der Waals surface area contributed by atoms with Crippen molar-refractivity contribution in [2.75, 3.05) is 13.7 Å². The molecule has 0 fully saturated rings. The van der Waals surface area contributed by atoms with Crippen LogP contribution in [0.3, 0.4) is 0 Å². The molecule has 0 aliphatic carbocycles. The molecule has 0 aromatic heterocycles. The second kappa shape index (κ2) is 14.9. The molecule has 3 N–H and O–H groups in total. The Bertz CT molecular complexity index is 153. The average molecular weight is 258 g/mol. The second-order valence-corrected chi connectivity index (χ2v) is 5.29. The highest BCUT2D eigenvalue weighted by Gasteiger charge is 2.04. The van der Waals surface area contributed by atoms with Gasteiger partial charge < -0.3 is 4.74 Å². The van der Waals surface area contributed by atoms with Crippen LogP contribution in [0.25, 0.3) is 0 Å². The molecular formula is C15H34N2O. The van der Waals surface area contributed by atoms with Gasteiger partial charge in [0.25, 0.3) is 0 Å². The van der Waals surface area contributed by atoms with Crippen LogP contribution in [-0.2, 0) is 4.74 Å². The van der Waals surface area contributed by atoms with E-state index >= 15 is 0 Å². The maximum absolute atomic E-state index is 5.45. The standard InChI is InChI=1S/C15H34N2O/c1-3-4-5-6-7-8-9-10-11-12-13-15(17-16)14-18-2/h15,17H,3-14,16H2,1-2H3. The summed E-state index contributed by atoms with van der Waals surface area (Å²) in [6, 6.07) is 0.323. The molecule has 0 amide bonds. The predicted octanol–water partition coefficient (Wildman–Crippen LogP) is 3.78. The molecule has 1 atom stereocenters. The highest BCUT2D eigenvalue weighted by Crippen LogP contribution is 2.11. The summed E-state index contributed by atoms with van der Waals surface area (Å²) in [5.74, 6) is 5.45. The first-order valence-corrected chi connectivity index (χ1v) is 7.80. The van der Waals surface area contributed by atoms with E-state index in [1.54, 1.807) is 7.11 Å². The van der Waals surface area contributed by atoms with Crippen molar-refractivity contribution in [2.45, 2.75) is 83.6 Å². The zero-order valence-electron chi connectivity index (χ0n) is 12.5. The quantitative estimate of drug-likeness (QED) is 0.283. The third-order valence-corrected chi connectivity index (χ3v) is 3.51. The Labute approximate surface area is 114 Å². The molecular weight excluding hydrogens is 224 g/mol. The number of unbranched alkanes of at least 4 members (excludes halogenated alkanes) is 9. The minimum absolute atomic E-state index is 0.323. The van der Waals surface area contributed by atoms with Crippen LogP contribution < -0.4 is 11.3 Å². The fraction of sp³-hybridized carbons (Fsp3) is 1.00. The van der Waals surface area contributed by atoms with E-state index in [1.807, 2.05) is 0 Å². The molecule has 0 spiro atoms. The number of hydrazine groups is 1. The zero-order chi connectivity index (χ0) is 13.5. The molecule has 0 bridgehead atoms. The summed E-state index contributed by atoms with van der Waals surface area (Å²) < 4.78 is 5.09. The highest BCUT2D eigenvalue weighted by molar-refractivity contribution is 4.62. The molecule has 0 radical (unpaired) electrons. The third-order valence-electron chi connectivity index (χ3n) is 3.51. The topological polar surface area (TPSA) is 47.3 Å². The van der Waals surface area contributed by atoms with Crippen molar-refractivity contribution >= 4 is 0 Å². The van der Waals surface area contributed by atoms with Crippen molar-refractivity contribution in [1.29, 1.82) is 0 Å². The van der Waals surface area contributed by atoms with Gasteiger partial charge in [0.15, 0.2) is 0 Å². The summed E-state index contributed by atoms with van der Waals surface area (Å²) in [5.41, 5.74) is 2.81. The van der Waals surface area contributed by atoms with Crippen LogP contribution in [0.2, 0.25) is 0 Å². The fourth-order valence-corrected chi connectivity index (χ4v) is 2.29. The molecule has 0 aromatic rings. The Morgan fingerprint density at radius 1 is 0.889 bits per heavy atom. The SMILES string of the molecule is CCCCCCCCCCCCC(COC)NN. The minimum atomic E-state index is 0.323. The normalized spacial score (nSPS) is 12.8. The molecule has 0 rings (SSSR count). The number of hydrogen-bond acceptors (Lipinski definition) is 3. The molecule has 0 aliphatic heterocycles. The van der Waals surface area contributed by atoms with Crippen molar-refractivity contribution in [3.05, 3.63) is 0 Å². The first-order valence-electron chi connectivity index (χ1n) is 7.80. The Morgan fingerprint density at radius 2 is 1.39 bits per heavy atom. The van der Waals surface area contributed by atoms with Crippen molar-refractivity contribution in [3.8, 4) is 0 Å². The Balaban J connectivity index is 3.10. The summed E-state index contributed by atoms with van der Waals surface area (Å²) in [7, 11) is 1.73. The first kappa shape index (κ1) is 17.9. The lowest BCUT2D eigenvalue weighted by atomic mass is 10.0. The minimum Gasteiger partial charge on any atom is -0.383 e. The average Bonchev–Trinajstić information content (AvgIpc) is 2.39. The predicted molar refractivity (Wildman–Crippen MR) is 79.4 cm³/mol. The summed E-state index contributed by atoms with van der Waals surface area (Å²) in [6.07, 6.45) is 14.9. The molecule has 1 unspecified atom stereocenters. The Kier molecular flexibility index (Phi) is 14.8. The van der Waals surface area contributed by atoms with Gasteiger partial charge in [-0.15, -0.1) is 0 Å². The van der Waals surface area contributed by atoms with Gasteiger partial charge in [0.2, 0.25) is 0 Å². The van der Waals surface area contributed by atoms with Crippen molar-refractivity contribution in [1.82, 2.24) is 5.43 Å².